The van der Waals surface area contributed by atoms with Crippen molar-refractivity contribution in [1.29, 1.82) is 0 Å². The van der Waals surface area contributed by atoms with Crippen molar-refractivity contribution in [3.05, 3.63) is 30.1 Å². The zero-order valence-corrected chi connectivity index (χ0v) is 10.9. The van der Waals surface area contributed by atoms with Gasteiger partial charge in [-0.2, -0.15) is 5.21 Å². The molecule has 0 atom stereocenters. The standard InChI is InChI=1S/C9H8F3N5O3S/c10-9(11,12)20-6-1-3-7(4-2-6)21(18,19)13-5-8-14-16-17-15-8/h1-4,13H,5H2,(H,14,15,16,17). The van der Waals surface area contributed by atoms with Crippen LogP contribution < -0.4 is 9.46 Å². The zero-order chi connectivity index (χ0) is 15.5. The Morgan fingerprint density at radius 2 is 1.90 bits per heavy atom. The molecule has 0 fully saturated rings. The minimum atomic E-state index is -4.84. The van der Waals surface area contributed by atoms with E-state index in [1.54, 1.807) is 0 Å². The van der Waals surface area contributed by atoms with Crippen molar-refractivity contribution < 1.29 is 26.3 Å². The number of rotatable bonds is 5. The predicted octanol–water partition coefficient (Wildman–Crippen LogP) is 0.577. The average molecular weight is 323 g/mol. The molecule has 0 spiro atoms. The first-order chi connectivity index (χ1) is 9.76. The number of sulfonamides is 1. The van der Waals surface area contributed by atoms with Crippen molar-refractivity contribution in [3.8, 4) is 5.75 Å². The molecule has 0 radical (unpaired) electrons. The highest BCUT2D eigenvalue weighted by molar-refractivity contribution is 7.89. The molecule has 2 rings (SSSR count). The van der Waals surface area contributed by atoms with Gasteiger partial charge in [0, 0.05) is 0 Å². The molecule has 1 heterocycles. The molecular weight excluding hydrogens is 315 g/mol. The second-order valence-electron chi connectivity index (χ2n) is 3.67. The fourth-order valence-electron chi connectivity index (χ4n) is 1.32. The maximum atomic E-state index is 12.0. The highest BCUT2D eigenvalue weighted by atomic mass is 32.2. The van der Waals surface area contributed by atoms with E-state index in [0.29, 0.717) is 0 Å². The largest absolute Gasteiger partial charge is 0.573 e. The Morgan fingerprint density at radius 3 is 2.43 bits per heavy atom. The van der Waals surface area contributed by atoms with Crippen LogP contribution in [0.25, 0.3) is 0 Å². The second kappa shape index (κ2) is 5.65. The van der Waals surface area contributed by atoms with Crippen LogP contribution in [-0.2, 0) is 16.6 Å². The lowest BCUT2D eigenvalue weighted by Crippen LogP contribution is -2.24. The molecular formula is C9H8F3N5O3S. The van der Waals surface area contributed by atoms with E-state index in [1.165, 1.54) is 0 Å². The Labute approximate surface area is 116 Å². The maximum Gasteiger partial charge on any atom is 0.573 e. The fourth-order valence-corrected chi connectivity index (χ4v) is 2.30. The van der Waals surface area contributed by atoms with Gasteiger partial charge in [-0.25, -0.2) is 13.1 Å². The maximum absolute atomic E-state index is 12.0. The zero-order valence-electron chi connectivity index (χ0n) is 10.1. The molecule has 0 aliphatic carbocycles. The summed E-state index contributed by atoms with van der Waals surface area (Å²) in [6.45, 7) is -0.209. The van der Waals surface area contributed by atoms with Gasteiger partial charge in [0.1, 0.15) is 5.75 Å². The summed E-state index contributed by atoms with van der Waals surface area (Å²) >= 11 is 0. The van der Waals surface area contributed by atoms with Gasteiger partial charge in [-0.05, 0) is 24.3 Å². The van der Waals surface area contributed by atoms with Crippen LogP contribution in [0.4, 0.5) is 13.2 Å². The van der Waals surface area contributed by atoms with Gasteiger partial charge >= 0.3 is 6.36 Å². The summed E-state index contributed by atoms with van der Waals surface area (Å²) in [5.41, 5.74) is 0. The third-order valence-corrected chi connectivity index (χ3v) is 3.59. The Hall–Kier alpha value is -2.21. The van der Waals surface area contributed by atoms with E-state index in [1.807, 2.05) is 0 Å². The minimum absolute atomic E-state index is 0.121. The van der Waals surface area contributed by atoms with Crippen molar-refractivity contribution in [1.82, 2.24) is 25.3 Å². The Morgan fingerprint density at radius 1 is 1.24 bits per heavy atom. The van der Waals surface area contributed by atoms with Gasteiger partial charge in [-0.1, -0.05) is 5.21 Å². The lowest BCUT2D eigenvalue weighted by molar-refractivity contribution is -0.274. The summed E-state index contributed by atoms with van der Waals surface area (Å²) in [5, 5.41) is 12.5. The van der Waals surface area contributed by atoms with E-state index in [2.05, 4.69) is 30.1 Å². The van der Waals surface area contributed by atoms with Crippen LogP contribution >= 0.6 is 0 Å². The fraction of sp³-hybridized carbons (Fsp3) is 0.222. The van der Waals surface area contributed by atoms with Gasteiger partial charge in [0.15, 0.2) is 5.82 Å². The second-order valence-corrected chi connectivity index (χ2v) is 5.44. The van der Waals surface area contributed by atoms with Crippen LogP contribution in [0, 0.1) is 0 Å². The summed E-state index contributed by atoms with van der Waals surface area (Å²) in [5.74, 6) is -0.393. The molecule has 0 saturated carbocycles. The lowest BCUT2D eigenvalue weighted by atomic mass is 10.3. The number of aromatic nitrogens is 4. The van der Waals surface area contributed by atoms with Crippen molar-refractivity contribution in [2.45, 2.75) is 17.8 Å². The Kier molecular flexibility index (Phi) is 4.09. The normalized spacial score (nSPS) is 12.3. The van der Waals surface area contributed by atoms with Crippen molar-refractivity contribution >= 4 is 10.0 Å². The summed E-state index contributed by atoms with van der Waals surface area (Å²) < 4.78 is 65.5. The van der Waals surface area contributed by atoms with Gasteiger partial charge in [0.05, 0.1) is 11.4 Å². The SMILES string of the molecule is O=S(=O)(NCc1nn[nH]n1)c1ccc(OC(F)(F)F)cc1. The quantitative estimate of drug-likeness (QED) is 0.833. The molecule has 8 nitrogen and oxygen atoms in total. The minimum Gasteiger partial charge on any atom is -0.406 e. The van der Waals surface area contributed by atoms with E-state index in [9.17, 15) is 21.6 Å². The predicted molar refractivity (Wildman–Crippen MR) is 61.3 cm³/mol. The smallest absolute Gasteiger partial charge is 0.406 e. The molecule has 114 valence electrons. The van der Waals surface area contributed by atoms with Gasteiger partial charge < -0.3 is 4.74 Å². The molecule has 1 aromatic carbocycles. The van der Waals surface area contributed by atoms with Gasteiger partial charge in [0.25, 0.3) is 0 Å². The van der Waals surface area contributed by atoms with Crippen molar-refractivity contribution in [2.75, 3.05) is 0 Å². The molecule has 1 aromatic heterocycles. The molecule has 2 N–H and O–H groups in total. The van der Waals surface area contributed by atoms with Crippen LogP contribution in [0.1, 0.15) is 5.82 Å². The van der Waals surface area contributed by atoms with E-state index in [-0.39, 0.29) is 17.3 Å². The number of ether oxygens (including phenoxy) is 1. The van der Waals surface area contributed by atoms with E-state index in [0.717, 1.165) is 24.3 Å². The van der Waals surface area contributed by atoms with Crippen molar-refractivity contribution in [3.63, 3.8) is 0 Å². The molecule has 0 unspecified atom stereocenters. The van der Waals surface area contributed by atoms with Crippen LogP contribution in [0.3, 0.4) is 0 Å². The number of aromatic amines is 1. The first-order valence-corrected chi connectivity index (χ1v) is 6.82. The molecule has 12 heteroatoms. The third-order valence-electron chi connectivity index (χ3n) is 2.18. The number of hydrogen-bond acceptors (Lipinski definition) is 6. The topological polar surface area (TPSA) is 110 Å². The van der Waals surface area contributed by atoms with Crippen LogP contribution in [0.15, 0.2) is 29.2 Å². The number of alkyl halides is 3. The highest BCUT2D eigenvalue weighted by Crippen LogP contribution is 2.23. The van der Waals surface area contributed by atoms with Gasteiger partial charge in [-0.15, -0.1) is 23.4 Å². The Balaban J connectivity index is 2.06. The highest BCUT2D eigenvalue weighted by Gasteiger charge is 2.31. The third kappa shape index (κ3) is 4.39. The lowest BCUT2D eigenvalue weighted by Gasteiger charge is -2.09. The van der Waals surface area contributed by atoms with Crippen LogP contribution in [0.2, 0.25) is 0 Å². The number of halogens is 3. The first-order valence-electron chi connectivity index (χ1n) is 5.34. The molecule has 0 saturated heterocycles. The summed E-state index contributed by atoms with van der Waals surface area (Å²) in [7, 11) is -3.91. The number of nitrogens with one attached hydrogen (secondary N) is 2. The van der Waals surface area contributed by atoms with Crippen molar-refractivity contribution in [2.24, 2.45) is 0 Å². The van der Waals surface area contributed by atoms with E-state index < -0.39 is 22.1 Å². The number of H-pyrrole nitrogens is 1. The summed E-state index contributed by atoms with van der Waals surface area (Å²) in [6.07, 6.45) is -4.84. The first kappa shape index (κ1) is 15.2. The molecule has 0 amide bonds. The van der Waals surface area contributed by atoms with Crippen LogP contribution in [-0.4, -0.2) is 35.4 Å². The summed E-state index contributed by atoms with van der Waals surface area (Å²) in [4.78, 5) is -0.222. The monoisotopic (exact) mass is 323 g/mol. The number of hydrogen-bond donors (Lipinski definition) is 2. The Bertz CT molecular complexity index is 684. The van der Waals surface area contributed by atoms with Gasteiger partial charge in [0.2, 0.25) is 10.0 Å². The summed E-state index contributed by atoms with van der Waals surface area (Å²) in [6, 6.07) is 3.77. The van der Waals surface area contributed by atoms with Gasteiger partial charge in [-0.3, -0.25) is 0 Å². The van der Waals surface area contributed by atoms with E-state index >= 15 is 0 Å². The molecule has 0 aliphatic heterocycles. The number of benzene rings is 1. The molecule has 21 heavy (non-hydrogen) atoms. The molecule has 2 aromatic rings. The molecule has 0 aliphatic rings. The number of nitrogens with zero attached hydrogens (tertiary/aromatic N) is 3. The average Bonchev–Trinajstić information content (AvgIpc) is 2.88. The molecule has 0 bridgehead atoms. The van der Waals surface area contributed by atoms with E-state index in [4.69, 9.17) is 0 Å². The van der Waals surface area contributed by atoms with Crippen LogP contribution in [0.5, 0.6) is 5.75 Å². The number of tetrazole rings is 1.